The third-order valence-electron chi connectivity index (χ3n) is 6.73. The van der Waals surface area contributed by atoms with E-state index in [1.165, 1.54) is 13.2 Å². The summed E-state index contributed by atoms with van der Waals surface area (Å²) in [6, 6.07) is 2.23. The number of alkyl halides is 3. The van der Waals surface area contributed by atoms with Crippen molar-refractivity contribution in [2.45, 2.75) is 37.9 Å². The van der Waals surface area contributed by atoms with E-state index in [1.54, 1.807) is 24.9 Å². The second kappa shape index (κ2) is 7.34. The molecule has 0 radical (unpaired) electrons. The molecule has 0 bridgehead atoms. The third kappa shape index (κ3) is 2.93. The molecule has 34 heavy (non-hydrogen) atoms. The largest absolute Gasteiger partial charge is 0.496 e. The second-order valence-corrected chi connectivity index (χ2v) is 8.39. The summed E-state index contributed by atoms with van der Waals surface area (Å²) in [5.41, 5.74) is -0.236. The summed E-state index contributed by atoms with van der Waals surface area (Å²) in [4.78, 5) is 18.5. The van der Waals surface area contributed by atoms with Gasteiger partial charge in [-0.25, -0.2) is 9.78 Å². The lowest BCUT2D eigenvalue weighted by Crippen LogP contribution is -2.50. The minimum atomic E-state index is -4.65. The summed E-state index contributed by atoms with van der Waals surface area (Å²) < 4.78 is 51.0. The van der Waals surface area contributed by atoms with Crippen molar-refractivity contribution in [3.63, 3.8) is 0 Å². The zero-order chi connectivity index (χ0) is 24.6. The molecule has 1 aromatic carbocycles. The average Bonchev–Trinajstić information content (AvgIpc) is 3.17. The number of anilines is 1. The Morgan fingerprint density at radius 1 is 1.38 bits per heavy atom. The van der Waals surface area contributed by atoms with Gasteiger partial charge < -0.3 is 29.9 Å². The van der Waals surface area contributed by atoms with Crippen molar-refractivity contribution in [3.8, 4) is 5.75 Å². The molecule has 3 N–H and O–H groups in total. The first-order valence-corrected chi connectivity index (χ1v) is 10.6. The number of pyridine rings is 1. The fraction of sp³-hybridized carbons (Fsp3) is 0.391. The van der Waals surface area contributed by atoms with E-state index in [9.17, 15) is 28.2 Å². The normalized spacial score (nSPS) is 23.9. The highest BCUT2D eigenvalue weighted by molar-refractivity contribution is 5.98. The molecule has 5 rings (SSSR count). The molecular weight excluding hydrogens is 455 g/mol. The Labute approximate surface area is 192 Å². The van der Waals surface area contributed by atoms with Crippen LogP contribution in [-0.2, 0) is 22.3 Å². The molecule has 0 saturated heterocycles. The van der Waals surface area contributed by atoms with Crippen LogP contribution < -0.4 is 10.1 Å². The van der Waals surface area contributed by atoms with Crippen molar-refractivity contribution in [3.05, 3.63) is 46.2 Å². The molecule has 4 heterocycles. The van der Waals surface area contributed by atoms with Crippen LogP contribution in [0.1, 0.15) is 30.2 Å². The van der Waals surface area contributed by atoms with Gasteiger partial charge in [-0.1, -0.05) is 6.92 Å². The molecule has 2 atom stereocenters. The van der Waals surface area contributed by atoms with Gasteiger partial charge >= 0.3 is 12.1 Å². The summed E-state index contributed by atoms with van der Waals surface area (Å²) in [7, 11) is 2.82. The molecule has 1 unspecified atom stereocenters. The second-order valence-electron chi connectivity index (χ2n) is 8.39. The maximum Gasteiger partial charge on any atom is 0.420 e. The van der Waals surface area contributed by atoms with Gasteiger partial charge in [0, 0.05) is 29.1 Å². The number of nitrogens with zero attached hydrogens (tertiary/aromatic N) is 2. The first kappa shape index (κ1) is 22.5. The van der Waals surface area contributed by atoms with E-state index in [1.807, 2.05) is 0 Å². The number of halogens is 3. The van der Waals surface area contributed by atoms with E-state index in [2.05, 4.69) is 10.3 Å². The Bertz CT molecular complexity index is 1300. The van der Waals surface area contributed by atoms with E-state index in [-0.39, 0.29) is 36.4 Å². The van der Waals surface area contributed by atoms with Gasteiger partial charge in [-0.15, -0.1) is 0 Å². The fourth-order valence-electron chi connectivity index (χ4n) is 4.93. The Kier molecular flexibility index (Phi) is 4.86. The molecule has 8 nitrogen and oxygen atoms in total. The Balaban J connectivity index is 1.76. The number of rotatable bonds is 3. The monoisotopic (exact) mass is 477 g/mol. The van der Waals surface area contributed by atoms with Gasteiger partial charge in [0.1, 0.15) is 12.4 Å². The summed E-state index contributed by atoms with van der Waals surface area (Å²) in [5, 5.41) is 25.6. The Hall–Kier alpha value is -3.31. The maximum atomic E-state index is 13.6. The molecule has 11 heteroatoms. The number of aliphatic hydroxyl groups is 2. The molecule has 2 aromatic rings. The molecule has 1 aromatic heterocycles. The van der Waals surface area contributed by atoms with Crippen LogP contribution in [0.25, 0.3) is 16.6 Å². The number of benzene rings is 1. The number of carbonyl (C=O) groups excluding carboxylic acids is 1. The highest BCUT2D eigenvalue weighted by Gasteiger charge is 2.49. The predicted octanol–water partition coefficient (Wildman–Crippen LogP) is 2.79. The van der Waals surface area contributed by atoms with Crippen LogP contribution in [0.4, 0.5) is 18.9 Å². The summed E-state index contributed by atoms with van der Waals surface area (Å²) in [6.07, 6.45) is -4.25. The molecule has 180 valence electrons. The van der Waals surface area contributed by atoms with Crippen molar-refractivity contribution in [1.29, 1.82) is 0 Å². The molecule has 0 amide bonds. The number of esters is 1. The van der Waals surface area contributed by atoms with Crippen LogP contribution in [0.3, 0.4) is 0 Å². The number of nitrogens with one attached hydrogen (secondary N) is 1. The van der Waals surface area contributed by atoms with Crippen LogP contribution in [0.2, 0.25) is 0 Å². The molecule has 0 saturated carbocycles. The first-order valence-electron chi connectivity index (χ1n) is 10.6. The lowest BCUT2D eigenvalue weighted by atomic mass is 9.82. The SMILES string of the molecule is CC[C@@]1(O)C(=O)OCC2=C1C=C1c3nc4cc(C(F)(F)F)c(OC)cc4c(NC)c3CN1C2O. The van der Waals surface area contributed by atoms with E-state index in [0.29, 0.717) is 33.6 Å². The lowest BCUT2D eigenvalue weighted by molar-refractivity contribution is -0.164. The van der Waals surface area contributed by atoms with Gasteiger partial charge in [-0.05, 0) is 24.6 Å². The number of methoxy groups -OCH3 is 1. The van der Waals surface area contributed by atoms with Crippen LogP contribution >= 0.6 is 0 Å². The summed E-state index contributed by atoms with van der Waals surface area (Å²) >= 11 is 0. The summed E-state index contributed by atoms with van der Waals surface area (Å²) in [5.74, 6) is -1.14. The van der Waals surface area contributed by atoms with Gasteiger partial charge in [0.15, 0.2) is 11.8 Å². The lowest BCUT2D eigenvalue weighted by Gasteiger charge is -2.40. The van der Waals surface area contributed by atoms with E-state index in [4.69, 9.17) is 9.47 Å². The van der Waals surface area contributed by atoms with Gasteiger partial charge in [0.2, 0.25) is 0 Å². The molecule has 0 fully saturated rings. The highest BCUT2D eigenvalue weighted by atomic mass is 19.4. The zero-order valence-corrected chi connectivity index (χ0v) is 18.6. The van der Waals surface area contributed by atoms with Gasteiger partial charge in [-0.2, -0.15) is 13.2 Å². The van der Waals surface area contributed by atoms with Gasteiger partial charge in [0.05, 0.1) is 41.8 Å². The average molecular weight is 477 g/mol. The minimum Gasteiger partial charge on any atom is -0.496 e. The number of hydrogen-bond acceptors (Lipinski definition) is 8. The minimum absolute atomic E-state index is 0.0235. The molecular formula is C23H22F3N3O5. The van der Waals surface area contributed by atoms with E-state index < -0.39 is 29.5 Å². The van der Waals surface area contributed by atoms with Crippen LogP contribution in [0, 0.1) is 0 Å². The van der Waals surface area contributed by atoms with Crippen molar-refractivity contribution in [2.24, 2.45) is 0 Å². The van der Waals surface area contributed by atoms with Crippen molar-refractivity contribution in [2.75, 3.05) is 26.1 Å². The maximum absolute atomic E-state index is 13.6. The molecule has 0 spiro atoms. The molecule has 3 aliphatic heterocycles. The van der Waals surface area contributed by atoms with Crippen molar-refractivity contribution >= 4 is 28.3 Å². The van der Waals surface area contributed by atoms with Crippen molar-refractivity contribution < 1.29 is 37.7 Å². The number of hydrogen-bond donors (Lipinski definition) is 3. The van der Waals surface area contributed by atoms with Gasteiger partial charge in [0.25, 0.3) is 0 Å². The van der Waals surface area contributed by atoms with Gasteiger partial charge in [-0.3, -0.25) is 0 Å². The number of cyclic esters (lactones) is 1. The number of carbonyl (C=O) groups is 1. The van der Waals surface area contributed by atoms with Crippen molar-refractivity contribution in [1.82, 2.24) is 9.88 Å². The highest BCUT2D eigenvalue weighted by Crippen LogP contribution is 2.48. The number of aromatic nitrogens is 1. The number of ether oxygens (including phenoxy) is 2. The van der Waals surface area contributed by atoms with Crippen LogP contribution in [0.5, 0.6) is 5.75 Å². The smallest absolute Gasteiger partial charge is 0.420 e. The van der Waals surface area contributed by atoms with E-state index in [0.717, 1.165) is 6.07 Å². The van der Waals surface area contributed by atoms with E-state index >= 15 is 0 Å². The topological polar surface area (TPSA) is 104 Å². The van der Waals surface area contributed by atoms with Crippen LogP contribution in [-0.4, -0.2) is 58.7 Å². The zero-order valence-electron chi connectivity index (χ0n) is 18.6. The Morgan fingerprint density at radius 2 is 2.12 bits per heavy atom. The Morgan fingerprint density at radius 3 is 2.74 bits per heavy atom. The molecule has 0 aliphatic carbocycles. The standard InChI is InChI=1S/C23H22F3N3O5/c1-4-22(32)13-7-16-19-11(8-29(16)20(30)12(13)9-34-21(22)31)18(27-2)10-5-17(33-3)14(23(24,25)26)6-15(10)28-19/h5-7,20,30,32H,4,8-9H2,1-3H3,(H,27,28)/t20?,22-/m0/s1. The predicted molar refractivity (Wildman–Crippen MR) is 116 cm³/mol. The first-order chi connectivity index (χ1) is 16.0. The number of fused-ring (bicyclic) bond motifs is 4. The molecule has 3 aliphatic rings. The fourth-order valence-corrected chi connectivity index (χ4v) is 4.93. The third-order valence-corrected chi connectivity index (χ3v) is 6.73. The van der Waals surface area contributed by atoms with Crippen LogP contribution in [0.15, 0.2) is 29.4 Å². The summed E-state index contributed by atoms with van der Waals surface area (Å²) in [6.45, 7) is 1.66. The quantitative estimate of drug-likeness (QED) is 0.580. The number of aliphatic hydroxyl groups excluding tert-OH is 1.